The van der Waals surface area contributed by atoms with Gasteiger partial charge in [-0.3, -0.25) is 0 Å². The van der Waals surface area contributed by atoms with Crippen LogP contribution in [-0.4, -0.2) is 17.1 Å². The van der Waals surface area contributed by atoms with Gasteiger partial charge < -0.3 is 9.52 Å². The molecule has 1 aromatic rings. The molecule has 0 saturated heterocycles. The molecule has 0 aromatic carbocycles. The number of hydrogen-bond donors (Lipinski definition) is 1. The Bertz CT molecular complexity index is 172. The molecule has 1 unspecified atom stereocenters. The molecule has 0 spiro atoms. The summed E-state index contributed by atoms with van der Waals surface area (Å²) in [7, 11) is 0. The lowest BCUT2D eigenvalue weighted by Gasteiger charge is -2.03. The van der Waals surface area contributed by atoms with Gasteiger partial charge in [-0.05, 0) is 18.4 Å². The van der Waals surface area contributed by atoms with E-state index in [0.717, 1.165) is 0 Å². The summed E-state index contributed by atoms with van der Waals surface area (Å²) in [5.41, 5.74) is 0. The van der Waals surface area contributed by atoms with Crippen molar-refractivity contribution in [2.24, 2.45) is 0 Å². The van der Waals surface area contributed by atoms with Crippen LogP contribution < -0.4 is 0 Å². The maximum Gasteiger partial charge on any atom is 0.133 e. The second-order valence-electron chi connectivity index (χ2n) is 1.99. The first-order chi connectivity index (χ1) is 4.84. The second kappa shape index (κ2) is 3.68. The maximum absolute atomic E-state index is 9.29. The highest BCUT2D eigenvalue weighted by Crippen LogP contribution is 2.16. The van der Waals surface area contributed by atoms with E-state index in [1.807, 2.05) is 6.26 Å². The second-order valence-corrected chi connectivity index (χ2v) is 2.90. The first-order valence-electron chi connectivity index (χ1n) is 3.05. The molecular formula is C7H10O2S. The molecule has 1 aromatic heterocycles. The third-order valence-corrected chi connectivity index (χ3v) is 1.85. The van der Waals surface area contributed by atoms with Crippen LogP contribution in [0.1, 0.15) is 11.9 Å². The van der Waals surface area contributed by atoms with E-state index < -0.39 is 6.10 Å². The minimum absolute atomic E-state index is 0.454. The first kappa shape index (κ1) is 7.69. The summed E-state index contributed by atoms with van der Waals surface area (Å²) in [4.78, 5) is 0. The van der Waals surface area contributed by atoms with Crippen LogP contribution in [-0.2, 0) is 0 Å². The Hall–Kier alpha value is -0.410. The van der Waals surface area contributed by atoms with Gasteiger partial charge in [-0.15, -0.1) is 0 Å². The van der Waals surface area contributed by atoms with Crippen LogP contribution in [0, 0.1) is 0 Å². The molecule has 1 rings (SSSR count). The molecule has 0 aliphatic carbocycles. The van der Waals surface area contributed by atoms with E-state index in [-0.39, 0.29) is 0 Å². The summed E-state index contributed by atoms with van der Waals surface area (Å²) in [5.74, 6) is 1.34. The highest BCUT2D eigenvalue weighted by atomic mass is 32.2. The van der Waals surface area contributed by atoms with E-state index in [0.29, 0.717) is 11.5 Å². The molecule has 1 N–H and O–H groups in total. The SMILES string of the molecule is CSCC(O)c1ccco1. The van der Waals surface area contributed by atoms with E-state index in [9.17, 15) is 5.11 Å². The van der Waals surface area contributed by atoms with Crippen molar-refractivity contribution in [3.8, 4) is 0 Å². The van der Waals surface area contributed by atoms with Crippen LogP contribution in [0.3, 0.4) is 0 Å². The molecule has 0 aliphatic heterocycles. The van der Waals surface area contributed by atoms with Crippen LogP contribution in [0.25, 0.3) is 0 Å². The van der Waals surface area contributed by atoms with Gasteiger partial charge in [-0.2, -0.15) is 11.8 Å². The van der Waals surface area contributed by atoms with E-state index in [1.165, 1.54) is 0 Å². The Balaban J connectivity index is 2.50. The lowest BCUT2D eigenvalue weighted by Crippen LogP contribution is -1.97. The number of hydrogen-bond acceptors (Lipinski definition) is 3. The lowest BCUT2D eigenvalue weighted by molar-refractivity contribution is 0.174. The summed E-state index contributed by atoms with van der Waals surface area (Å²) < 4.78 is 4.98. The zero-order valence-electron chi connectivity index (χ0n) is 5.78. The van der Waals surface area contributed by atoms with Crippen LogP contribution in [0.5, 0.6) is 0 Å². The predicted octanol–water partition coefficient (Wildman–Crippen LogP) is 1.68. The molecule has 0 bridgehead atoms. The standard InChI is InChI=1S/C7H10O2S/c1-10-5-6(8)7-3-2-4-9-7/h2-4,6,8H,5H2,1H3. The molecule has 0 aliphatic rings. The van der Waals surface area contributed by atoms with Crippen molar-refractivity contribution in [2.45, 2.75) is 6.10 Å². The number of aliphatic hydroxyl groups is 1. The summed E-state index contributed by atoms with van der Waals surface area (Å²) in [6, 6.07) is 3.56. The van der Waals surface area contributed by atoms with Gasteiger partial charge in [-0.1, -0.05) is 0 Å². The van der Waals surface area contributed by atoms with Gasteiger partial charge >= 0.3 is 0 Å². The molecule has 1 heterocycles. The minimum atomic E-state index is -0.454. The van der Waals surface area contributed by atoms with Crippen molar-refractivity contribution in [3.63, 3.8) is 0 Å². The third kappa shape index (κ3) is 1.78. The molecule has 0 saturated carbocycles. The smallest absolute Gasteiger partial charge is 0.133 e. The van der Waals surface area contributed by atoms with Crippen molar-refractivity contribution in [1.29, 1.82) is 0 Å². The first-order valence-corrected chi connectivity index (χ1v) is 4.44. The largest absolute Gasteiger partial charge is 0.467 e. The van der Waals surface area contributed by atoms with E-state index in [1.54, 1.807) is 30.2 Å². The molecular weight excluding hydrogens is 148 g/mol. The number of aliphatic hydroxyl groups excluding tert-OH is 1. The molecule has 3 heteroatoms. The monoisotopic (exact) mass is 158 g/mol. The molecule has 0 radical (unpaired) electrons. The van der Waals surface area contributed by atoms with Crippen molar-refractivity contribution < 1.29 is 9.52 Å². The Labute approximate surface area is 64.2 Å². The van der Waals surface area contributed by atoms with E-state index in [2.05, 4.69) is 0 Å². The van der Waals surface area contributed by atoms with Gasteiger partial charge in [0.2, 0.25) is 0 Å². The lowest BCUT2D eigenvalue weighted by atomic mass is 10.3. The molecule has 1 atom stereocenters. The summed E-state index contributed by atoms with van der Waals surface area (Å²) in [6.07, 6.45) is 3.07. The zero-order valence-corrected chi connectivity index (χ0v) is 6.60. The molecule has 10 heavy (non-hydrogen) atoms. The maximum atomic E-state index is 9.29. The van der Waals surface area contributed by atoms with E-state index >= 15 is 0 Å². The topological polar surface area (TPSA) is 33.4 Å². The van der Waals surface area contributed by atoms with Crippen LogP contribution >= 0.6 is 11.8 Å². The van der Waals surface area contributed by atoms with Gasteiger partial charge in [0.25, 0.3) is 0 Å². The van der Waals surface area contributed by atoms with Crippen LogP contribution in [0.2, 0.25) is 0 Å². The molecule has 0 fully saturated rings. The van der Waals surface area contributed by atoms with Gasteiger partial charge in [0.15, 0.2) is 0 Å². The fraction of sp³-hybridized carbons (Fsp3) is 0.429. The average molecular weight is 158 g/mol. The van der Waals surface area contributed by atoms with Crippen molar-refractivity contribution in [3.05, 3.63) is 24.2 Å². The average Bonchev–Trinajstić information content (AvgIpc) is 2.38. The van der Waals surface area contributed by atoms with Crippen molar-refractivity contribution >= 4 is 11.8 Å². The van der Waals surface area contributed by atoms with Gasteiger partial charge in [0.05, 0.1) is 6.26 Å². The Morgan fingerprint density at radius 2 is 2.60 bits per heavy atom. The molecule has 0 amide bonds. The van der Waals surface area contributed by atoms with Gasteiger partial charge in [0, 0.05) is 5.75 Å². The predicted molar refractivity (Wildman–Crippen MR) is 42.0 cm³/mol. The highest BCUT2D eigenvalue weighted by Gasteiger charge is 2.07. The zero-order chi connectivity index (χ0) is 7.40. The third-order valence-electron chi connectivity index (χ3n) is 1.20. The minimum Gasteiger partial charge on any atom is -0.467 e. The normalized spacial score (nSPS) is 13.4. The summed E-state index contributed by atoms with van der Waals surface area (Å²) in [5, 5.41) is 9.29. The van der Waals surface area contributed by atoms with Crippen molar-refractivity contribution in [1.82, 2.24) is 0 Å². The van der Waals surface area contributed by atoms with Gasteiger partial charge in [0.1, 0.15) is 11.9 Å². The summed E-state index contributed by atoms with van der Waals surface area (Å²) in [6.45, 7) is 0. The number of thioether (sulfide) groups is 1. The fourth-order valence-corrected chi connectivity index (χ4v) is 1.20. The Morgan fingerprint density at radius 3 is 3.10 bits per heavy atom. The Kier molecular flexibility index (Phi) is 2.83. The van der Waals surface area contributed by atoms with E-state index in [4.69, 9.17) is 4.42 Å². The number of rotatable bonds is 3. The van der Waals surface area contributed by atoms with Gasteiger partial charge in [-0.25, -0.2) is 0 Å². The highest BCUT2D eigenvalue weighted by molar-refractivity contribution is 7.98. The Morgan fingerprint density at radius 1 is 1.80 bits per heavy atom. The molecule has 56 valence electrons. The summed E-state index contributed by atoms with van der Waals surface area (Å²) >= 11 is 1.60. The van der Waals surface area contributed by atoms with Crippen LogP contribution in [0.4, 0.5) is 0 Å². The van der Waals surface area contributed by atoms with Crippen molar-refractivity contribution in [2.75, 3.05) is 12.0 Å². The quantitative estimate of drug-likeness (QED) is 0.726. The number of furan rings is 1. The fourth-order valence-electron chi connectivity index (χ4n) is 0.721. The molecule has 2 nitrogen and oxygen atoms in total. The van der Waals surface area contributed by atoms with Crippen LogP contribution in [0.15, 0.2) is 22.8 Å².